The first-order valence-electron chi connectivity index (χ1n) is 9.06. The van der Waals surface area contributed by atoms with Gasteiger partial charge >= 0.3 is 11.9 Å². The van der Waals surface area contributed by atoms with Crippen LogP contribution in [0.1, 0.15) is 23.6 Å². The smallest absolute Gasteiger partial charge is 0.363 e. The summed E-state index contributed by atoms with van der Waals surface area (Å²) in [6.07, 6.45) is 1.60. The summed E-state index contributed by atoms with van der Waals surface area (Å²) >= 11 is 0. The fraction of sp³-hybridized carbons (Fsp3) is 0.227. The average molecular weight is 395 g/mol. The van der Waals surface area contributed by atoms with E-state index in [9.17, 15) is 9.59 Å². The number of hydrogen-bond donors (Lipinski definition) is 0. The summed E-state index contributed by atoms with van der Waals surface area (Å²) in [5.41, 5.74) is 2.69. The van der Waals surface area contributed by atoms with Crippen molar-refractivity contribution in [2.75, 3.05) is 20.3 Å². The van der Waals surface area contributed by atoms with E-state index < -0.39 is 11.9 Å². The van der Waals surface area contributed by atoms with E-state index in [4.69, 9.17) is 18.9 Å². The van der Waals surface area contributed by atoms with Crippen LogP contribution in [0.3, 0.4) is 0 Å². The Balaban J connectivity index is 1.79. The zero-order chi connectivity index (χ0) is 20.8. The summed E-state index contributed by atoms with van der Waals surface area (Å²) in [5, 5.41) is 0. The molecule has 0 saturated heterocycles. The lowest BCUT2D eigenvalue weighted by atomic mass is 10.1. The molecule has 0 unspecified atom stereocenters. The minimum atomic E-state index is -0.526. The SMILES string of the molecule is CCOC(=O)COc1ccc(C=C2N=C(c3ccc(C)cc3)OC2=O)cc1OC. The van der Waals surface area contributed by atoms with Crippen molar-refractivity contribution in [1.29, 1.82) is 0 Å². The van der Waals surface area contributed by atoms with Crippen LogP contribution in [0.4, 0.5) is 0 Å². The van der Waals surface area contributed by atoms with Crippen LogP contribution in [0, 0.1) is 6.92 Å². The van der Waals surface area contributed by atoms with Gasteiger partial charge in [0.2, 0.25) is 5.90 Å². The summed E-state index contributed by atoms with van der Waals surface area (Å²) in [7, 11) is 1.49. The minimum Gasteiger partial charge on any atom is -0.493 e. The third kappa shape index (κ3) is 5.01. The summed E-state index contributed by atoms with van der Waals surface area (Å²) < 4.78 is 20.9. The number of ether oxygens (including phenoxy) is 4. The van der Waals surface area contributed by atoms with Crippen molar-refractivity contribution >= 4 is 23.9 Å². The predicted molar refractivity (Wildman–Crippen MR) is 107 cm³/mol. The molecule has 1 heterocycles. The highest BCUT2D eigenvalue weighted by molar-refractivity contribution is 6.12. The van der Waals surface area contributed by atoms with Gasteiger partial charge in [-0.2, -0.15) is 0 Å². The molecule has 0 N–H and O–H groups in total. The lowest BCUT2D eigenvalue weighted by Gasteiger charge is -2.10. The molecule has 29 heavy (non-hydrogen) atoms. The van der Waals surface area contributed by atoms with E-state index in [0.717, 1.165) is 11.1 Å². The summed E-state index contributed by atoms with van der Waals surface area (Å²) in [6, 6.07) is 12.6. The van der Waals surface area contributed by atoms with Crippen LogP contribution in [0.2, 0.25) is 0 Å². The fourth-order valence-corrected chi connectivity index (χ4v) is 2.62. The van der Waals surface area contributed by atoms with Gasteiger partial charge in [0.05, 0.1) is 13.7 Å². The van der Waals surface area contributed by atoms with Gasteiger partial charge in [-0.3, -0.25) is 0 Å². The standard InChI is InChI=1S/C22H21NO6/c1-4-27-20(24)13-28-18-10-7-15(12-19(18)26-3)11-17-22(25)29-21(23-17)16-8-5-14(2)6-9-16/h5-12H,4,13H2,1-3H3. The largest absolute Gasteiger partial charge is 0.493 e. The van der Waals surface area contributed by atoms with E-state index in [1.54, 1.807) is 31.2 Å². The maximum atomic E-state index is 12.2. The number of rotatable bonds is 7. The second kappa shape index (κ2) is 9.05. The van der Waals surface area contributed by atoms with Crippen LogP contribution in [-0.4, -0.2) is 38.2 Å². The molecule has 0 amide bonds. The van der Waals surface area contributed by atoms with E-state index in [-0.39, 0.29) is 24.8 Å². The second-order valence-electron chi connectivity index (χ2n) is 6.21. The summed E-state index contributed by atoms with van der Waals surface area (Å²) in [4.78, 5) is 27.9. The summed E-state index contributed by atoms with van der Waals surface area (Å²) in [6.45, 7) is 3.76. The molecule has 2 aromatic carbocycles. The monoisotopic (exact) mass is 395 g/mol. The number of nitrogens with zero attached hydrogens (tertiary/aromatic N) is 1. The third-order valence-electron chi connectivity index (χ3n) is 4.06. The Kier molecular flexibility index (Phi) is 6.29. The molecular weight excluding hydrogens is 374 g/mol. The van der Waals surface area contributed by atoms with Crippen molar-refractivity contribution in [3.05, 3.63) is 64.9 Å². The topological polar surface area (TPSA) is 83.4 Å². The highest BCUT2D eigenvalue weighted by Crippen LogP contribution is 2.30. The lowest BCUT2D eigenvalue weighted by molar-refractivity contribution is -0.145. The number of hydrogen-bond acceptors (Lipinski definition) is 7. The van der Waals surface area contributed by atoms with Gasteiger partial charge in [0.1, 0.15) is 0 Å². The van der Waals surface area contributed by atoms with Crippen molar-refractivity contribution in [1.82, 2.24) is 0 Å². The van der Waals surface area contributed by atoms with E-state index >= 15 is 0 Å². The van der Waals surface area contributed by atoms with Crippen LogP contribution in [0.5, 0.6) is 11.5 Å². The van der Waals surface area contributed by atoms with Crippen LogP contribution >= 0.6 is 0 Å². The van der Waals surface area contributed by atoms with Crippen LogP contribution in [0.25, 0.3) is 6.08 Å². The number of benzene rings is 2. The van der Waals surface area contributed by atoms with E-state index in [1.807, 2.05) is 31.2 Å². The molecule has 0 atom stereocenters. The lowest BCUT2D eigenvalue weighted by Crippen LogP contribution is -2.14. The Bertz CT molecular complexity index is 975. The number of carbonyl (C=O) groups excluding carboxylic acids is 2. The number of carbonyl (C=O) groups is 2. The molecular formula is C22H21NO6. The first-order valence-corrected chi connectivity index (χ1v) is 9.06. The highest BCUT2D eigenvalue weighted by atomic mass is 16.6. The highest BCUT2D eigenvalue weighted by Gasteiger charge is 2.24. The van der Waals surface area contributed by atoms with E-state index in [1.165, 1.54) is 7.11 Å². The van der Waals surface area contributed by atoms with Gasteiger partial charge in [-0.25, -0.2) is 14.6 Å². The molecule has 7 heteroatoms. The Hall–Kier alpha value is -3.61. The molecule has 0 saturated carbocycles. The van der Waals surface area contributed by atoms with Crippen LogP contribution in [-0.2, 0) is 19.1 Å². The van der Waals surface area contributed by atoms with E-state index in [0.29, 0.717) is 17.1 Å². The zero-order valence-electron chi connectivity index (χ0n) is 16.4. The molecule has 1 aliphatic heterocycles. The van der Waals surface area contributed by atoms with Crippen LogP contribution < -0.4 is 9.47 Å². The van der Waals surface area contributed by atoms with Gasteiger partial charge in [-0.1, -0.05) is 23.8 Å². The Morgan fingerprint density at radius 3 is 2.59 bits per heavy atom. The second-order valence-corrected chi connectivity index (χ2v) is 6.21. The molecule has 2 aromatic rings. The van der Waals surface area contributed by atoms with Gasteiger partial charge in [-0.05, 0) is 49.8 Å². The maximum absolute atomic E-state index is 12.2. The first-order chi connectivity index (χ1) is 14.0. The van der Waals surface area contributed by atoms with Crippen LogP contribution in [0.15, 0.2) is 53.2 Å². The molecule has 1 aliphatic rings. The number of methoxy groups -OCH3 is 1. The van der Waals surface area contributed by atoms with E-state index in [2.05, 4.69) is 4.99 Å². The van der Waals surface area contributed by atoms with Gasteiger partial charge in [0.15, 0.2) is 23.8 Å². The van der Waals surface area contributed by atoms with Crippen molar-refractivity contribution in [2.45, 2.75) is 13.8 Å². The molecule has 0 bridgehead atoms. The zero-order valence-corrected chi connectivity index (χ0v) is 16.4. The van der Waals surface area contributed by atoms with Crippen molar-refractivity contribution in [3.63, 3.8) is 0 Å². The van der Waals surface area contributed by atoms with Crippen molar-refractivity contribution in [2.24, 2.45) is 4.99 Å². The first kappa shape index (κ1) is 20.1. The van der Waals surface area contributed by atoms with Crippen molar-refractivity contribution < 1.29 is 28.5 Å². The van der Waals surface area contributed by atoms with Crippen molar-refractivity contribution in [3.8, 4) is 11.5 Å². The summed E-state index contributed by atoms with van der Waals surface area (Å²) in [5.74, 6) is 0.0792. The minimum absolute atomic E-state index is 0.183. The normalized spacial score (nSPS) is 14.4. The maximum Gasteiger partial charge on any atom is 0.363 e. The molecule has 0 aromatic heterocycles. The molecule has 0 spiro atoms. The molecule has 7 nitrogen and oxygen atoms in total. The molecule has 0 radical (unpaired) electrons. The fourth-order valence-electron chi connectivity index (χ4n) is 2.62. The Labute approximate surface area is 168 Å². The predicted octanol–water partition coefficient (Wildman–Crippen LogP) is 3.29. The molecule has 0 aliphatic carbocycles. The molecule has 3 rings (SSSR count). The molecule has 150 valence electrons. The average Bonchev–Trinajstić information content (AvgIpc) is 3.08. The molecule has 0 fully saturated rings. The Morgan fingerprint density at radius 2 is 1.90 bits per heavy atom. The van der Waals surface area contributed by atoms with Gasteiger partial charge in [0, 0.05) is 5.56 Å². The van der Waals surface area contributed by atoms with Gasteiger partial charge < -0.3 is 18.9 Å². The number of aliphatic imine (C=N–C) groups is 1. The van der Waals surface area contributed by atoms with Gasteiger partial charge in [0.25, 0.3) is 0 Å². The van der Waals surface area contributed by atoms with Gasteiger partial charge in [-0.15, -0.1) is 0 Å². The number of aryl methyl sites for hydroxylation is 1. The number of esters is 2. The quantitative estimate of drug-likeness (QED) is 0.528. The number of cyclic esters (lactones) is 1. The third-order valence-corrected chi connectivity index (χ3v) is 4.06. The Morgan fingerprint density at radius 1 is 1.14 bits per heavy atom.